The normalized spacial score (nSPS) is 15.4. The molecule has 0 aliphatic heterocycles. The van der Waals surface area contributed by atoms with Gasteiger partial charge in [0, 0.05) is 17.5 Å². The summed E-state index contributed by atoms with van der Waals surface area (Å²) in [5, 5.41) is 5.49. The van der Waals surface area contributed by atoms with Crippen molar-refractivity contribution in [3.8, 4) is 0 Å². The molecule has 2 N–H and O–H groups in total. The number of amides is 2. The van der Waals surface area contributed by atoms with Gasteiger partial charge in [0.25, 0.3) is 5.91 Å². The summed E-state index contributed by atoms with van der Waals surface area (Å²) >= 11 is 0. The van der Waals surface area contributed by atoms with E-state index in [0.29, 0.717) is 24.1 Å². The zero-order chi connectivity index (χ0) is 21.7. The SMILES string of the molecule is CC(=O)c1ccccc1NC(=O)COC(=O)C1(CC(=O)NC(C)(C)C)CCCC1. The fraction of sp³-hybridized carbons (Fsp3) is 0.545. The molecule has 1 aliphatic carbocycles. The molecule has 1 aromatic rings. The molecule has 0 aromatic heterocycles. The maximum atomic E-state index is 12.8. The van der Waals surface area contributed by atoms with E-state index in [2.05, 4.69) is 10.6 Å². The van der Waals surface area contributed by atoms with Crippen LogP contribution in [-0.4, -0.2) is 35.7 Å². The summed E-state index contributed by atoms with van der Waals surface area (Å²) in [6, 6.07) is 6.64. The van der Waals surface area contributed by atoms with E-state index >= 15 is 0 Å². The fourth-order valence-electron chi connectivity index (χ4n) is 3.64. The van der Waals surface area contributed by atoms with E-state index in [-0.39, 0.29) is 23.7 Å². The van der Waals surface area contributed by atoms with Gasteiger partial charge >= 0.3 is 5.97 Å². The van der Waals surface area contributed by atoms with Crippen molar-refractivity contribution in [1.82, 2.24) is 5.32 Å². The number of anilines is 1. The fourth-order valence-corrected chi connectivity index (χ4v) is 3.64. The number of esters is 1. The number of hydrogen-bond acceptors (Lipinski definition) is 5. The summed E-state index contributed by atoms with van der Waals surface area (Å²) in [6.45, 7) is 6.60. The number of rotatable bonds is 7. The molecular formula is C22H30N2O5. The van der Waals surface area contributed by atoms with E-state index in [1.54, 1.807) is 24.3 Å². The first kappa shape index (κ1) is 22.6. The van der Waals surface area contributed by atoms with Crippen LogP contribution in [0, 0.1) is 5.41 Å². The number of hydrogen-bond donors (Lipinski definition) is 2. The third kappa shape index (κ3) is 6.41. The first-order valence-corrected chi connectivity index (χ1v) is 9.90. The van der Waals surface area contributed by atoms with Crippen molar-refractivity contribution in [3.05, 3.63) is 29.8 Å². The molecule has 0 heterocycles. The second kappa shape index (κ2) is 9.20. The maximum Gasteiger partial charge on any atom is 0.313 e. The molecule has 1 aliphatic rings. The smallest absolute Gasteiger partial charge is 0.313 e. The van der Waals surface area contributed by atoms with Gasteiger partial charge in [-0.1, -0.05) is 25.0 Å². The van der Waals surface area contributed by atoms with E-state index in [9.17, 15) is 19.2 Å². The molecule has 0 spiro atoms. The molecule has 29 heavy (non-hydrogen) atoms. The largest absolute Gasteiger partial charge is 0.455 e. The summed E-state index contributed by atoms with van der Waals surface area (Å²) in [4.78, 5) is 49.0. The van der Waals surface area contributed by atoms with E-state index < -0.39 is 23.9 Å². The minimum atomic E-state index is -0.882. The Balaban J connectivity index is 1.98. The number of para-hydroxylation sites is 1. The Kier molecular flexibility index (Phi) is 7.16. The predicted molar refractivity (Wildman–Crippen MR) is 109 cm³/mol. The van der Waals surface area contributed by atoms with Gasteiger partial charge in [-0.2, -0.15) is 0 Å². The highest BCUT2D eigenvalue weighted by Crippen LogP contribution is 2.42. The highest BCUT2D eigenvalue weighted by Gasteiger charge is 2.44. The van der Waals surface area contributed by atoms with Gasteiger partial charge in [-0.15, -0.1) is 0 Å². The van der Waals surface area contributed by atoms with E-state index in [1.807, 2.05) is 20.8 Å². The van der Waals surface area contributed by atoms with Gasteiger partial charge in [-0.25, -0.2) is 0 Å². The van der Waals surface area contributed by atoms with Gasteiger partial charge in [0.15, 0.2) is 12.4 Å². The first-order valence-electron chi connectivity index (χ1n) is 9.90. The number of carbonyl (C=O) groups excluding carboxylic acids is 4. The summed E-state index contributed by atoms with van der Waals surface area (Å²) in [5.74, 6) is -1.42. The number of Topliss-reactive ketones (excluding diaryl/α,β-unsaturated/α-hetero) is 1. The van der Waals surface area contributed by atoms with E-state index in [0.717, 1.165) is 12.8 Å². The van der Waals surface area contributed by atoms with Crippen LogP contribution in [0.5, 0.6) is 0 Å². The van der Waals surface area contributed by atoms with E-state index in [1.165, 1.54) is 6.92 Å². The van der Waals surface area contributed by atoms with Crippen LogP contribution in [0.2, 0.25) is 0 Å². The van der Waals surface area contributed by atoms with Crippen molar-refractivity contribution in [3.63, 3.8) is 0 Å². The average molecular weight is 402 g/mol. The van der Waals surface area contributed by atoms with Gasteiger partial charge in [0.2, 0.25) is 5.91 Å². The van der Waals surface area contributed by atoms with Gasteiger partial charge in [0.05, 0.1) is 11.1 Å². The summed E-state index contributed by atoms with van der Waals surface area (Å²) in [7, 11) is 0. The van der Waals surface area contributed by atoms with Gasteiger partial charge < -0.3 is 15.4 Å². The number of ketones is 1. The predicted octanol–water partition coefficient (Wildman–Crippen LogP) is 3.24. The maximum absolute atomic E-state index is 12.8. The summed E-state index contributed by atoms with van der Waals surface area (Å²) in [5.41, 5.74) is -0.503. The third-order valence-electron chi connectivity index (χ3n) is 4.92. The van der Waals surface area contributed by atoms with Crippen LogP contribution in [0.1, 0.15) is 70.2 Å². The highest BCUT2D eigenvalue weighted by atomic mass is 16.5. The second-order valence-corrected chi connectivity index (χ2v) is 8.69. The Morgan fingerprint density at radius 2 is 1.66 bits per heavy atom. The minimum absolute atomic E-state index is 0.0535. The lowest BCUT2D eigenvalue weighted by molar-refractivity contribution is -0.160. The Hall–Kier alpha value is -2.70. The molecule has 0 radical (unpaired) electrons. The molecule has 1 saturated carbocycles. The zero-order valence-electron chi connectivity index (χ0n) is 17.6. The highest BCUT2D eigenvalue weighted by molar-refractivity contribution is 6.04. The van der Waals surface area contributed by atoms with Crippen molar-refractivity contribution < 1.29 is 23.9 Å². The molecule has 1 aromatic carbocycles. The van der Waals surface area contributed by atoms with Crippen LogP contribution >= 0.6 is 0 Å². The number of nitrogens with one attached hydrogen (secondary N) is 2. The first-order chi connectivity index (χ1) is 13.5. The van der Waals surface area contributed by atoms with Crippen molar-refractivity contribution in [2.75, 3.05) is 11.9 Å². The number of ether oxygens (including phenoxy) is 1. The zero-order valence-corrected chi connectivity index (χ0v) is 17.6. The molecule has 0 bridgehead atoms. The van der Waals surface area contributed by atoms with Crippen LogP contribution in [-0.2, 0) is 19.1 Å². The molecule has 7 heteroatoms. The van der Waals surface area contributed by atoms with Crippen molar-refractivity contribution in [2.24, 2.45) is 5.41 Å². The van der Waals surface area contributed by atoms with Crippen LogP contribution in [0.15, 0.2) is 24.3 Å². The third-order valence-corrected chi connectivity index (χ3v) is 4.92. The quantitative estimate of drug-likeness (QED) is 0.538. The Bertz CT molecular complexity index is 789. The molecule has 2 rings (SSSR count). The molecule has 1 fully saturated rings. The Morgan fingerprint density at radius 1 is 1.03 bits per heavy atom. The van der Waals surface area contributed by atoms with Crippen LogP contribution in [0.4, 0.5) is 5.69 Å². The topological polar surface area (TPSA) is 102 Å². The monoisotopic (exact) mass is 402 g/mol. The average Bonchev–Trinajstić information content (AvgIpc) is 3.07. The standard InChI is InChI=1S/C22H30N2O5/c1-15(25)16-9-5-6-10-17(16)23-19(27)14-29-20(28)22(11-7-8-12-22)13-18(26)24-21(2,3)4/h5-6,9-10H,7-8,11-14H2,1-4H3,(H,23,27)(H,24,26). The summed E-state index contributed by atoms with van der Waals surface area (Å²) < 4.78 is 5.28. The molecule has 0 atom stereocenters. The number of carbonyl (C=O) groups is 4. The second-order valence-electron chi connectivity index (χ2n) is 8.69. The molecule has 158 valence electrons. The lowest BCUT2D eigenvalue weighted by atomic mass is 9.82. The Morgan fingerprint density at radius 3 is 2.24 bits per heavy atom. The van der Waals surface area contributed by atoms with Crippen molar-refractivity contribution in [2.45, 2.75) is 65.3 Å². The summed E-state index contributed by atoms with van der Waals surface area (Å²) in [6.07, 6.45) is 2.88. The van der Waals surface area contributed by atoms with E-state index in [4.69, 9.17) is 4.74 Å². The number of benzene rings is 1. The van der Waals surface area contributed by atoms with Gasteiger partial charge in [-0.3, -0.25) is 19.2 Å². The van der Waals surface area contributed by atoms with Gasteiger partial charge in [-0.05, 0) is 52.7 Å². The van der Waals surface area contributed by atoms with Gasteiger partial charge in [0.1, 0.15) is 0 Å². The molecule has 0 unspecified atom stereocenters. The van der Waals surface area contributed by atoms with Crippen LogP contribution < -0.4 is 10.6 Å². The molecular weight excluding hydrogens is 372 g/mol. The van der Waals surface area contributed by atoms with Crippen LogP contribution in [0.3, 0.4) is 0 Å². The molecule has 7 nitrogen and oxygen atoms in total. The van der Waals surface area contributed by atoms with Crippen LogP contribution in [0.25, 0.3) is 0 Å². The lowest BCUT2D eigenvalue weighted by Gasteiger charge is -2.28. The lowest BCUT2D eigenvalue weighted by Crippen LogP contribution is -2.44. The van der Waals surface area contributed by atoms with Crippen molar-refractivity contribution >= 4 is 29.3 Å². The Labute approximate surface area is 171 Å². The molecule has 2 amide bonds. The minimum Gasteiger partial charge on any atom is -0.455 e. The van der Waals surface area contributed by atoms with Crippen molar-refractivity contribution in [1.29, 1.82) is 0 Å². The molecule has 0 saturated heterocycles.